The molecule has 0 bridgehead atoms. The highest BCUT2D eigenvalue weighted by Crippen LogP contribution is 2.42. The summed E-state index contributed by atoms with van der Waals surface area (Å²) in [4.78, 5) is 32.5. The van der Waals surface area contributed by atoms with Crippen LogP contribution in [0.15, 0.2) is 47.5 Å². The van der Waals surface area contributed by atoms with E-state index in [4.69, 9.17) is 4.98 Å². The normalized spacial score (nSPS) is 13.6. The van der Waals surface area contributed by atoms with Gasteiger partial charge in [-0.25, -0.2) is 18.4 Å². The van der Waals surface area contributed by atoms with Gasteiger partial charge in [-0.05, 0) is 56.0 Å². The van der Waals surface area contributed by atoms with Crippen molar-refractivity contribution >= 4 is 32.9 Å². The summed E-state index contributed by atoms with van der Waals surface area (Å²) in [6.07, 6.45) is 6.95. The first-order chi connectivity index (χ1) is 20.2. The molecule has 5 heterocycles. The smallest absolute Gasteiger partial charge is 0.338 e. The molecule has 4 aromatic heterocycles. The van der Waals surface area contributed by atoms with Gasteiger partial charge < -0.3 is 4.90 Å². The van der Waals surface area contributed by atoms with Crippen LogP contribution in [0.25, 0.3) is 31.8 Å². The molecule has 6 rings (SSSR count). The molecule has 216 valence electrons. The fraction of sp³-hybridized carbons (Fsp3) is 0.333. The highest BCUT2D eigenvalue weighted by atomic mass is 32.1. The molecule has 0 radical (unpaired) electrons. The Labute approximate surface area is 245 Å². The molecule has 0 unspecified atom stereocenters. The lowest BCUT2D eigenvalue weighted by Crippen LogP contribution is -2.36. The monoisotopic (exact) mass is 586 g/mol. The molecule has 0 atom stereocenters. The molecule has 5 aromatic rings. The van der Waals surface area contributed by atoms with Crippen LogP contribution in [0, 0.1) is 19.7 Å². The van der Waals surface area contributed by atoms with E-state index < -0.39 is 0 Å². The summed E-state index contributed by atoms with van der Waals surface area (Å²) < 4.78 is 21.4. The van der Waals surface area contributed by atoms with E-state index in [0.29, 0.717) is 59.0 Å². The van der Waals surface area contributed by atoms with E-state index in [2.05, 4.69) is 22.3 Å². The molecule has 1 amide bonds. The van der Waals surface area contributed by atoms with Crippen LogP contribution in [0.1, 0.15) is 42.5 Å². The summed E-state index contributed by atoms with van der Waals surface area (Å²) in [7, 11) is 1.60. The Balaban J connectivity index is 1.46. The maximum atomic E-state index is 16.5. The van der Waals surface area contributed by atoms with Gasteiger partial charge in [0.25, 0.3) is 0 Å². The van der Waals surface area contributed by atoms with E-state index >= 15 is 4.39 Å². The molecule has 12 heteroatoms. The van der Waals surface area contributed by atoms with Crippen LogP contribution >= 0.6 is 11.3 Å². The Hall–Kier alpha value is -4.45. The summed E-state index contributed by atoms with van der Waals surface area (Å²) in [6.45, 7) is 7.08. The van der Waals surface area contributed by atoms with Gasteiger partial charge in [-0.2, -0.15) is 5.10 Å². The van der Waals surface area contributed by atoms with E-state index in [1.54, 1.807) is 35.9 Å². The van der Waals surface area contributed by atoms with E-state index in [-0.39, 0.29) is 23.8 Å². The second kappa shape index (κ2) is 11.1. The minimum Gasteiger partial charge on any atom is -0.338 e. The minimum atomic E-state index is -0.360. The maximum absolute atomic E-state index is 16.5. The molecule has 0 saturated heterocycles. The van der Waals surface area contributed by atoms with Crippen LogP contribution in [0.5, 0.6) is 0 Å². The van der Waals surface area contributed by atoms with Gasteiger partial charge in [-0.1, -0.05) is 24.3 Å². The van der Waals surface area contributed by atoms with Crippen molar-refractivity contribution in [2.45, 2.75) is 46.6 Å². The van der Waals surface area contributed by atoms with E-state index in [1.165, 1.54) is 20.6 Å². The van der Waals surface area contributed by atoms with Gasteiger partial charge in [0, 0.05) is 60.7 Å². The zero-order chi connectivity index (χ0) is 29.5. The molecule has 0 spiro atoms. The minimum absolute atomic E-state index is 0.0151. The number of amides is 1. The number of aromatic nitrogens is 7. The molecule has 10 nitrogen and oxygen atoms in total. The van der Waals surface area contributed by atoms with E-state index in [9.17, 15) is 9.59 Å². The maximum Gasteiger partial charge on any atom is 0.350 e. The number of rotatable bonds is 7. The molecule has 1 aliphatic rings. The van der Waals surface area contributed by atoms with E-state index in [0.717, 1.165) is 28.1 Å². The predicted molar refractivity (Wildman–Crippen MR) is 160 cm³/mol. The number of carbonyl (C=O) groups excluding carboxylic acids is 1. The van der Waals surface area contributed by atoms with Crippen LogP contribution in [0.3, 0.4) is 0 Å². The van der Waals surface area contributed by atoms with Gasteiger partial charge >= 0.3 is 5.69 Å². The Morgan fingerprint density at radius 2 is 1.98 bits per heavy atom. The average Bonchev–Trinajstić information content (AvgIpc) is 3.72. The third-order valence-corrected chi connectivity index (χ3v) is 8.77. The number of pyridine rings is 1. The zero-order valence-corrected chi connectivity index (χ0v) is 24.8. The van der Waals surface area contributed by atoms with Crippen molar-refractivity contribution in [3.05, 3.63) is 81.8 Å². The van der Waals surface area contributed by atoms with Crippen molar-refractivity contribution < 1.29 is 9.18 Å². The average molecular weight is 587 g/mol. The summed E-state index contributed by atoms with van der Waals surface area (Å²) in [5, 5.41) is 13.3. The number of thiophene rings is 1. The molecule has 1 aliphatic heterocycles. The number of aryl methyl sites for hydroxylation is 5. The summed E-state index contributed by atoms with van der Waals surface area (Å²) >= 11 is 1.23. The first-order valence-corrected chi connectivity index (χ1v) is 14.7. The van der Waals surface area contributed by atoms with Crippen LogP contribution in [-0.2, 0) is 24.8 Å². The highest BCUT2D eigenvalue weighted by molar-refractivity contribution is 7.21. The fourth-order valence-corrected chi connectivity index (χ4v) is 6.72. The molecule has 1 aromatic carbocycles. The summed E-state index contributed by atoms with van der Waals surface area (Å²) in [6, 6.07) is 7.74. The van der Waals surface area contributed by atoms with Crippen molar-refractivity contribution in [3.8, 4) is 16.1 Å². The first-order valence-electron chi connectivity index (χ1n) is 13.9. The Kier molecular flexibility index (Phi) is 7.31. The zero-order valence-electron chi connectivity index (χ0n) is 24.0. The molecule has 42 heavy (non-hydrogen) atoms. The molecular weight excluding hydrogens is 555 g/mol. The number of fused-ring (bicyclic) bond motifs is 1. The van der Waals surface area contributed by atoms with Crippen molar-refractivity contribution in [2.75, 3.05) is 13.1 Å². The number of nitrogens with zero attached hydrogens (tertiary/aromatic N) is 8. The lowest BCUT2D eigenvalue weighted by atomic mass is 9.92. The lowest BCUT2D eigenvalue weighted by molar-refractivity contribution is -0.131. The van der Waals surface area contributed by atoms with Gasteiger partial charge in [0.05, 0.1) is 17.4 Å². The van der Waals surface area contributed by atoms with Gasteiger partial charge in [0.15, 0.2) is 0 Å². The van der Waals surface area contributed by atoms with Gasteiger partial charge in [-0.15, -0.1) is 16.4 Å². The number of hydrogen-bond donors (Lipinski definition) is 0. The highest BCUT2D eigenvalue weighted by Gasteiger charge is 2.25. The molecule has 0 N–H and O–H groups in total. The SMILES string of the molecule is CCc1nc(C)ccc1-c1cc(C2=CCCN(C(=O)CCn3ccnn3)C2)c(F)c2sc(-n3c(C)nn(C)c3=O)cc12. The number of halogens is 1. The van der Waals surface area contributed by atoms with Crippen LogP contribution in [0.4, 0.5) is 4.39 Å². The predicted octanol–water partition coefficient (Wildman–Crippen LogP) is 4.46. The lowest BCUT2D eigenvalue weighted by Gasteiger charge is -2.28. The standard InChI is InChI=1S/C30H31FN8O2S/c1-5-25-21(9-8-18(2)33-25)23-15-22(20-7-6-12-37(17-20)26(40)10-13-38-14-11-32-35-38)28(31)29-24(23)16-27(42-29)39-19(3)34-36(4)30(39)41/h7-9,11,14-16H,5-6,10,12-13,17H2,1-4H3. The third kappa shape index (κ3) is 4.95. The van der Waals surface area contributed by atoms with Gasteiger partial charge in [0.2, 0.25) is 5.91 Å². The summed E-state index contributed by atoms with van der Waals surface area (Å²) in [5.41, 5.74) is 4.52. The van der Waals surface area contributed by atoms with Crippen LogP contribution in [-0.4, -0.2) is 58.2 Å². The number of carbonyl (C=O) groups is 1. The molecular formula is C30H31FN8O2S. The summed E-state index contributed by atoms with van der Waals surface area (Å²) in [5.74, 6) is 0.150. The van der Waals surface area contributed by atoms with Crippen molar-refractivity contribution in [2.24, 2.45) is 7.05 Å². The van der Waals surface area contributed by atoms with Crippen LogP contribution < -0.4 is 5.69 Å². The van der Waals surface area contributed by atoms with Crippen molar-refractivity contribution in [3.63, 3.8) is 0 Å². The molecule has 0 saturated carbocycles. The Morgan fingerprint density at radius 1 is 1.14 bits per heavy atom. The van der Waals surface area contributed by atoms with Crippen molar-refractivity contribution in [1.82, 2.24) is 39.2 Å². The largest absolute Gasteiger partial charge is 0.350 e. The van der Waals surface area contributed by atoms with Gasteiger partial charge in [0.1, 0.15) is 16.6 Å². The number of hydrogen-bond acceptors (Lipinski definition) is 7. The topological polar surface area (TPSA) is 104 Å². The Morgan fingerprint density at radius 3 is 2.69 bits per heavy atom. The molecule has 0 fully saturated rings. The first kappa shape index (κ1) is 27.7. The quantitative estimate of drug-likeness (QED) is 0.279. The fourth-order valence-electron chi connectivity index (χ4n) is 5.55. The van der Waals surface area contributed by atoms with Gasteiger partial charge in [-0.3, -0.25) is 14.5 Å². The second-order valence-electron chi connectivity index (χ2n) is 10.5. The van der Waals surface area contributed by atoms with Crippen LogP contribution in [0.2, 0.25) is 0 Å². The second-order valence-corrected chi connectivity index (χ2v) is 11.5. The van der Waals surface area contributed by atoms with Crippen molar-refractivity contribution in [1.29, 1.82) is 0 Å². The van der Waals surface area contributed by atoms with E-state index in [1.807, 2.05) is 37.3 Å². The molecule has 0 aliphatic carbocycles. The third-order valence-electron chi connectivity index (χ3n) is 7.66. The number of benzene rings is 1. The Bertz CT molecular complexity index is 1900.